The van der Waals surface area contributed by atoms with Crippen LogP contribution < -0.4 is 4.90 Å². The van der Waals surface area contributed by atoms with Crippen LogP contribution in [0.5, 0.6) is 0 Å². The zero-order valence-corrected chi connectivity index (χ0v) is 23.1. The summed E-state index contributed by atoms with van der Waals surface area (Å²) >= 11 is 0. The van der Waals surface area contributed by atoms with Crippen LogP contribution in [-0.2, 0) is 0 Å². The van der Waals surface area contributed by atoms with Crippen LogP contribution in [-0.4, -0.2) is 9.55 Å². The summed E-state index contributed by atoms with van der Waals surface area (Å²) in [5.74, 6) is 0.624. The normalized spacial score (nSPS) is 11.5. The number of hydrogen-bond donors (Lipinski definition) is 0. The number of aryl methyl sites for hydroxylation is 1. The standard InChI is InChI=1S/C38H27N3O/c1-26-15-19-30(20-16-26)41-35-13-7-5-11-32(35)33-25-31(23-24-36(33)41)40(28-9-3-2-4-10-28)29-21-17-27(18-22-29)38-39-34-12-6-8-14-37(34)42-38/h2-25H,1H3. The zero-order valence-electron chi connectivity index (χ0n) is 23.1. The van der Waals surface area contributed by atoms with Gasteiger partial charge in [-0.05, 0) is 91.9 Å². The van der Waals surface area contributed by atoms with Crippen LogP contribution in [0, 0.1) is 6.92 Å². The van der Waals surface area contributed by atoms with Crippen LogP contribution in [0.15, 0.2) is 150 Å². The molecule has 0 saturated heterocycles. The molecule has 0 unspecified atom stereocenters. The van der Waals surface area contributed by atoms with Crippen molar-refractivity contribution < 1.29 is 4.42 Å². The van der Waals surface area contributed by atoms with Gasteiger partial charge in [-0.1, -0.05) is 66.2 Å². The molecule has 2 aromatic heterocycles. The summed E-state index contributed by atoms with van der Waals surface area (Å²) in [6.07, 6.45) is 0. The highest BCUT2D eigenvalue weighted by Crippen LogP contribution is 2.40. The molecule has 0 aliphatic heterocycles. The summed E-state index contributed by atoms with van der Waals surface area (Å²) in [4.78, 5) is 6.99. The molecule has 0 radical (unpaired) electrons. The fourth-order valence-corrected chi connectivity index (χ4v) is 5.85. The zero-order chi connectivity index (χ0) is 28.0. The SMILES string of the molecule is Cc1ccc(-n2c3ccccc3c3cc(N(c4ccccc4)c4ccc(-c5nc6ccccc6o5)cc4)ccc32)cc1. The Kier molecular flexibility index (Phi) is 5.64. The second kappa shape index (κ2) is 9.79. The molecule has 0 spiro atoms. The number of aromatic nitrogens is 2. The molecule has 0 fully saturated rings. The Morgan fingerprint density at radius 2 is 1.24 bits per heavy atom. The van der Waals surface area contributed by atoms with E-state index >= 15 is 0 Å². The Morgan fingerprint density at radius 3 is 2.05 bits per heavy atom. The molecule has 0 aliphatic rings. The molecular weight excluding hydrogens is 514 g/mol. The molecule has 0 saturated carbocycles. The third kappa shape index (κ3) is 4.04. The van der Waals surface area contributed by atoms with E-state index in [-0.39, 0.29) is 0 Å². The van der Waals surface area contributed by atoms with E-state index < -0.39 is 0 Å². The Hall–Kier alpha value is -5.61. The molecule has 6 aromatic carbocycles. The minimum absolute atomic E-state index is 0.624. The van der Waals surface area contributed by atoms with Crippen LogP contribution in [0.2, 0.25) is 0 Å². The summed E-state index contributed by atoms with van der Waals surface area (Å²) < 4.78 is 8.39. The summed E-state index contributed by atoms with van der Waals surface area (Å²) in [5.41, 5.74) is 10.6. The topological polar surface area (TPSA) is 34.2 Å². The average molecular weight is 542 g/mol. The second-order valence-corrected chi connectivity index (χ2v) is 10.6. The van der Waals surface area contributed by atoms with E-state index in [1.165, 1.54) is 27.4 Å². The number of nitrogens with zero attached hydrogens (tertiary/aromatic N) is 3. The molecule has 0 atom stereocenters. The van der Waals surface area contributed by atoms with E-state index in [1.54, 1.807) is 0 Å². The Morgan fingerprint density at radius 1 is 0.571 bits per heavy atom. The van der Waals surface area contributed by atoms with Crippen molar-refractivity contribution in [3.63, 3.8) is 0 Å². The highest BCUT2D eigenvalue weighted by atomic mass is 16.3. The van der Waals surface area contributed by atoms with Gasteiger partial charge in [-0.25, -0.2) is 4.98 Å². The van der Waals surface area contributed by atoms with E-state index in [1.807, 2.05) is 24.3 Å². The molecule has 42 heavy (non-hydrogen) atoms. The quantitative estimate of drug-likeness (QED) is 0.217. The lowest BCUT2D eigenvalue weighted by Gasteiger charge is -2.25. The first-order valence-corrected chi connectivity index (χ1v) is 14.1. The number of anilines is 3. The van der Waals surface area contributed by atoms with Gasteiger partial charge in [-0.2, -0.15) is 0 Å². The van der Waals surface area contributed by atoms with Crippen LogP contribution in [0.3, 0.4) is 0 Å². The highest BCUT2D eigenvalue weighted by Gasteiger charge is 2.18. The van der Waals surface area contributed by atoms with Crippen molar-refractivity contribution in [3.8, 4) is 17.1 Å². The summed E-state index contributed by atoms with van der Waals surface area (Å²) in [6.45, 7) is 2.12. The minimum atomic E-state index is 0.624. The third-order valence-electron chi connectivity index (χ3n) is 7.89. The number of oxazole rings is 1. The third-order valence-corrected chi connectivity index (χ3v) is 7.89. The van der Waals surface area contributed by atoms with Gasteiger partial charge in [-0.3, -0.25) is 0 Å². The minimum Gasteiger partial charge on any atom is -0.436 e. The first-order chi connectivity index (χ1) is 20.7. The Balaban J connectivity index is 1.27. The van der Waals surface area contributed by atoms with Crippen LogP contribution in [0.25, 0.3) is 50.0 Å². The first kappa shape index (κ1) is 24.2. The Labute approximate surface area is 243 Å². The smallest absolute Gasteiger partial charge is 0.227 e. The van der Waals surface area contributed by atoms with Gasteiger partial charge in [0.1, 0.15) is 5.52 Å². The average Bonchev–Trinajstić information content (AvgIpc) is 3.62. The van der Waals surface area contributed by atoms with Gasteiger partial charge in [-0.15, -0.1) is 0 Å². The lowest BCUT2D eigenvalue weighted by Crippen LogP contribution is -2.09. The molecule has 4 nitrogen and oxygen atoms in total. The predicted molar refractivity (Wildman–Crippen MR) is 173 cm³/mol. The fraction of sp³-hybridized carbons (Fsp3) is 0.0263. The van der Waals surface area contributed by atoms with Crippen LogP contribution in [0.1, 0.15) is 5.56 Å². The molecule has 0 aliphatic carbocycles. The maximum Gasteiger partial charge on any atom is 0.227 e. The number of hydrogen-bond acceptors (Lipinski definition) is 3. The lowest BCUT2D eigenvalue weighted by atomic mass is 10.1. The van der Waals surface area contributed by atoms with E-state index in [0.717, 1.165) is 39.4 Å². The lowest BCUT2D eigenvalue weighted by molar-refractivity contribution is 0.620. The van der Waals surface area contributed by atoms with Crippen molar-refractivity contribution in [1.29, 1.82) is 0 Å². The second-order valence-electron chi connectivity index (χ2n) is 10.6. The molecular formula is C38H27N3O. The maximum absolute atomic E-state index is 6.03. The largest absolute Gasteiger partial charge is 0.436 e. The van der Waals surface area contributed by atoms with Crippen molar-refractivity contribution in [1.82, 2.24) is 9.55 Å². The van der Waals surface area contributed by atoms with Crippen molar-refractivity contribution >= 4 is 50.0 Å². The molecule has 4 heteroatoms. The number of benzene rings is 6. The van der Waals surface area contributed by atoms with Crippen molar-refractivity contribution in [2.24, 2.45) is 0 Å². The molecule has 0 N–H and O–H groups in total. The van der Waals surface area contributed by atoms with E-state index in [4.69, 9.17) is 4.42 Å². The van der Waals surface area contributed by atoms with E-state index in [9.17, 15) is 0 Å². The number of para-hydroxylation sites is 4. The highest BCUT2D eigenvalue weighted by molar-refractivity contribution is 6.10. The Bertz CT molecular complexity index is 2160. The molecule has 0 bridgehead atoms. The first-order valence-electron chi connectivity index (χ1n) is 14.1. The number of rotatable bonds is 5. The van der Waals surface area contributed by atoms with Gasteiger partial charge >= 0.3 is 0 Å². The van der Waals surface area contributed by atoms with Crippen molar-refractivity contribution in [2.75, 3.05) is 4.90 Å². The van der Waals surface area contributed by atoms with Crippen molar-refractivity contribution in [2.45, 2.75) is 6.92 Å². The van der Waals surface area contributed by atoms with Gasteiger partial charge in [0.25, 0.3) is 0 Å². The van der Waals surface area contributed by atoms with Gasteiger partial charge < -0.3 is 13.9 Å². The van der Waals surface area contributed by atoms with Crippen molar-refractivity contribution in [3.05, 3.63) is 151 Å². The maximum atomic E-state index is 6.03. The predicted octanol–water partition coefficient (Wildman–Crippen LogP) is 10.4. The molecule has 0 amide bonds. The van der Waals surface area contributed by atoms with Crippen LogP contribution in [0.4, 0.5) is 17.1 Å². The monoisotopic (exact) mass is 541 g/mol. The summed E-state index contributed by atoms with van der Waals surface area (Å²) in [6, 6.07) is 51.0. The van der Waals surface area contributed by atoms with Gasteiger partial charge in [0.2, 0.25) is 5.89 Å². The fourth-order valence-electron chi connectivity index (χ4n) is 5.85. The van der Waals surface area contributed by atoms with Crippen LogP contribution >= 0.6 is 0 Å². The molecule has 8 aromatic rings. The van der Waals surface area contributed by atoms with Gasteiger partial charge in [0, 0.05) is 39.1 Å². The summed E-state index contributed by atoms with van der Waals surface area (Å²) in [5, 5.41) is 2.45. The number of fused-ring (bicyclic) bond motifs is 4. The van der Waals surface area contributed by atoms with E-state index in [2.05, 4.69) is 143 Å². The van der Waals surface area contributed by atoms with Gasteiger partial charge in [0.15, 0.2) is 5.58 Å². The van der Waals surface area contributed by atoms with E-state index in [0.29, 0.717) is 5.89 Å². The molecule has 200 valence electrons. The summed E-state index contributed by atoms with van der Waals surface area (Å²) in [7, 11) is 0. The molecule has 8 rings (SSSR count). The van der Waals surface area contributed by atoms with Gasteiger partial charge in [0.05, 0.1) is 11.0 Å². The molecule has 2 heterocycles.